The number of hydrogen-bond donors (Lipinski definition) is 0. The van der Waals surface area contributed by atoms with Crippen LogP contribution in [0.1, 0.15) is 0 Å². The molecule has 218 valence electrons. The molecule has 0 saturated carbocycles. The second-order valence-electron chi connectivity index (χ2n) is 12.5. The van der Waals surface area contributed by atoms with Crippen molar-refractivity contribution in [3.05, 3.63) is 133 Å². The average molecular weight is 609 g/mol. The van der Waals surface area contributed by atoms with Crippen molar-refractivity contribution < 1.29 is 0 Å². The highest BCUT2D eigenvalue weighted by atomic mass is 32.3. The topological polar surface area (TPSA) is 43.6 Å². The minimum Gasteiger partial charge on any atom is -0.308 e. The molecule has 6 aromatic carbocycles. The molecule has 8 aromatic rings. The predicted molar refractivity (Wildman–Crippen MR) is 191 cm³/mol. The van der Waals surface area contributed by atoms with Crippen LogP contribution in [0.3, 0.4) is 0 Å². The molecule has 0 radical (unpaired) electrons. The van der Waals surface area contributed by atoms with Gasteiger partial charge in [-0.1, -0.05) is 109 Å². The molecule has 5 heteroatoms. The molecule has 0 unspecified atom stereocenters. The molecule has 0 aliphatic carbocycles. The Labute approximate surface area is 268 Å². The summed E-state index contributed by atoms with van der Waals surface area (Å²) in [5.74, 6) is 2.07. The zero-order valence-electron chi connectivity index (χ0n) is 25.4. The van der Waals surface area contributed by atoms with Crippen LogP contribution in [0.15, 0.2) is 143 Å². The molecule has 8 bridgehead atoms. The Hall–Kier alpha value is -5.52. The molecule has 0 saturated heterocycles. The van der Waals surface area contributed by atoms with Crippen molar-refractivity contribution in [2.24, 2.45) is 0 Å². The monoisotopic (exact) mass is 608 g/mol. The van der Waals surface area contributed by atoms with E-state index in [0.717, 1.165) is 33.5 Å². The fraction of sp³-hybridized carbons (Fsp3) is 0.0488. The molecule has 4 heterocycles. The van der Waals surface area contributed by atoms with Gasteiger partial charge in [0.1, 0.15) is 0 Å². The van der Waals surface area contributed by atoms with Crippen molar-refractivity contribution in [2.75, 3.05) is 12.5 Å². The van der Waals surface area contributed by atoms with E-state index < -0.39 is 10.0 Å². The standard InChI is InChI=1S/C41H28N4S/c1-46(2)37-32-18-10-19-34(37)41-43-39(25-11-4-3-5-12-25)42-40(44-41)28-15-8-13-26(23-28)27-14-9-16-29(24-27)45-35-20-7-6-17-30(35)31-21-22-33(32)38(46)36(31)45/h3-24H,1-2H3. The molecular weight excluding hydrogens is 581 g/mol. The number of benzene rings is 6. The smallest absolute Gasteiger partial charge is 0.165 e. The van der Waals surface area contributed by atoms with Crippen LogP contribution in [0.4, 0.5) is 0 Å². The van der Waals surface area contributed by atoms with Crippen molar-refractivity contribution in [3.8, 4) is 62.1 Å². The molecule has 2 aromatic heterocycles. The Morgan fingerprint density at radius 2 is 1.09 bits per heavy atom. The van der Waals surface area contributed by atoms with Crippen molar-refractivity contribution in [1.82, 2.24) is 19.5 Å². The quantitative estimate of drug-likeness (QED) is 0.186. The molecule has 0 atom stereocenters. The summed E-state index contributed by atoms with van der Waals surface area (Å²) in [5.41, 5.74) is 11.6. The van der Waals surface area contributed by atoms with E-state index in [4.69, 9.17) is 15.0 Å². The van der Waals surface area contributed by atoms with E-state index in [2.05, 4.69) is 132 Å². The van der Waals surface area contributed by atoms with E-state index in [-0.39, 0.29) is 0 Å². The normalized spacial score (nSPS) is 14.3. The number of hydrogen-bond acceptors (Lipinski definition) is 3. The van der Waals surface area contributed by atoms with E-state index in [1.54, 1.807) is 0 Å². The zero-order chi connectivity index (χ0) is 30.6. The summed E-state index contributed by atoms with van der Waals surface area (Å²) in [6.45, 7) is 0. The summed E-state index contributed by atoms with van der Waals surface area (Å²) in [6.07, 6.45) is 4.89. The SMILES string of the molecule is CS1(C)c2c3cccc2-c2ccc4c5ccccc5n(c4c21)-c1cccc(c1)-c1cccc(c1)-c1nc(-c2ccccc2)nc-3n1. The van der Waals surface area contributed by atoms with Crippen LogP contribution >= 0.6 is 10.0 Å². The first-order chi connectivity index (χ1) is 22.6. The molecule has 0 spiro atoms. The van der Waals surface area contributed by atoms with Gasteiger partial charge in [0, 0.05) is 42.9 Å². The minimum atomic E-state index is -1.52. The largest absolute Gasteiger partial charge is 0.308 e. The fourth-order valence-corrected chi connectivity index (χ4v) is 10.7. The Bertz CT molecular complexity index is 2560. The van der Waals surface area contributed by atoms with Crippen LogP contribution in [0, 0.1) is 0 Å². The van der Waals surface area contributed by atoms with Crippen LogP contribution in [-0.2, 0) is 0 Å². The predicted octanol–water partition coefficient (Wildman–Crippen LogP) is 10.4. The van der Waals surface area contributed by atoms with Gasteiger partial charge in [0.05, 0.1) is 11.0 Å². The first-order valence-corrected chi connectivity index (χ1v) is 18.0. The molecule has 0 fully saturated rings. The van der Waals surface area contributed by atoms with Crippen molar-refractivity contribution >= 4 is 31.8 Å². The van der Waals surface area contributed by atoms with Gasteiger partial charge in [-0.2, -0.15) is 10.0 Å². The molecule has 2 aliphatic rings. The molecule has 46 heavy (non-hydrogen) atoms. The van der Waals surface area contributed by atoms with Crippen LogP contribution < -0.4 is 0 Å². The van der Waals surface area contributed by atoms with Crippen LogP contribution in [-0.4, -0.2) is 32.0 Å². The first-order valence-electron chi connectivity index (χ1n) is 15.5. The van der Waals surface area contributed by atoms with Crippen LogP contribution in [0.25, 0.3) is 83.9 Å². The summed E-state index contributed by atoms with van der Waals surface area (Å²) in [5, 5.41) is 2.56. The van der Waals surface area contributed by atoms with E-state index in [0.29, 0.717) is 17.5 Å². The third-order valence-electron chi connectivity index (χ3n) is 9.58. The maximum atomic E-state index is 5.23. The lowest BCUT2D eigenvalue weighted by molar-refractivity contribution is 1.07. The zero-order valence-corrected chi connectivity index (χ0v) is 26.2. The summed E-state index contributed by atoms with van der Waals surface area (Å²) < 4.78 is 2.50. The van der Waals surface area contributed by atoms with Crippen molar-refractivity contribution in [2.45, 2.75) is 9.79 Å². The summed E-state index contributed by atoms with van der Waals surface area (Å²) in [7, 11) is -1.52. The number of rotatable bonds is 1. The highest BCUT2D eigenvalue weighted by Gasteiger charge is 2.38. The molecular formula is C41H28N4S. The summed E-state index contributed by atoms with van der Waals surface area (Å²) in [6, 6.07) is 47.9. The van der Waals surface area contributed by atoms with Gasteiger partial charge in [-0.25, -0.2) is 15.0 Å². The number of fused-ring (bicyclic) bond motifs is 14. The number of para-hydroxylation sites is 1. The van der Waals surface area contributed by atoms with Gasteiger partial charge >= 0.3 is 0 Å². The second-order valence-corrected chi connectivity index (χ2v) is 16.0. The van der Waals surface area contributed by atoms with Crippen LogP contribution in [0.5, 0.6) is 0 Å². The Kier molecular flexibility index (Phi) is 5.18. The lowest BCUT2D eigenvalue weighted by Gasteiger charge is -2.31. The van der Waals surface area contributed by atoms with Gasteiger partial charge in [-0.3, -0.25) is 0 Å². The van der Waals surface area contributed by atoms with E-state index in [1.165, 1.54) is 42.7 Å². The molecule has 10 rings (SSSR count). The number of nitrogens with zero attached hydrogens (tertiary/aromatic N) is 4. The van der Waals surface area contributed by atoms with E-state index in [1.807, 2.05) is 18.2 Å². The van der Waals surface area contributed by atoms with Gasteiger partial charge in [0.2, 0.25) is 0 Å². The average Bonchev–Trinajstić information content (AvgIpc) is 3.57. The van der Waals surface area contributed by atoms with E-state index >= 15 is 0 Å². The summed E-state index contributed by atoms with van der Waals surface area (Å²) >= 11 is 0. The molecule has 2 aliphatic heterocycles. The Balaban J connectivity index is 1.40. The number of aromatic nitrogens is 4. The van der Waals surface area contributed by atoms with Crippen LogP contribution in [0.2, 0.25) is 0 Å². The third-order valence-corrected chi connectivity index (χ3v) is 12.5. The molecule has 4 nitrogen and oxygen atoms in total. The Morgan fingerprint density at radius 1 is 0.457 bits per heavy atom. The molecule has 0 N–H and O–H groups in total. The summed E-state index contributed by atoms with van der Waals surface area (Å²) in [4.78, 5) is 18.2. The third kappa shape index (κ3) is 3.49. The van der Waals surface area contributed by atoms with Gasteiger partial charge in [0.15, 0.2) is 17.5 Å². The highest BCUT2D eigenvalue weighted by Crippen LogP contribution is 2.71. The van der Waals surface area contributed by atoms with Gasteiger partial charge < -0.3 is 4.57 Å². The lowest BCUT2D eigenvalue weighted by atomic mass is 10.00. The Morgan fingerprint density at radius 3 is 1.96 bits per heavy atom. The van der Waals surface area contributed by atoms with Crippen molar-refractivity contribution in [3.63, 3.8) is 0 Å². The maximum absolute atomic E-state index is 5.23. The van der Waals surface area contributed by atoms with Gasteiger partial charge in [-0.05, 0) is 59.0 Å². The second kappa shape index (κ2) is 9.25. The maximum Gasteiger partial charge on any atom is 0.165 e. The van der Waals surface area contributed by atoms with Gasteiger partial charge in [-0.15, -0.1) is 0 Å². The van der Waals surface area contributed by atoms with E-state index in [9.17, 15) is 0 Å². The fourth-order valence-electron chi connectivity index (χ4n) is 7.61. The van der Waals surface area contributed by atoms with Gasteiger partial charge in [0.25, 0.3) is 0 Å². The lowest BCUT2D eigenvalue weighted by Crippen LogP contribution is -2.03. The highest BCUT2D eigenvalue weighted by molar-refractivity contribution is 8.33. The first kappa shape index (κ1) is 25.8. The van der Waals surface area contributed by atoms with Crippen molar-refractivity contribution in [1.29, 1.82) is 0 Å². The molecule has 0 amide bonds. The minimum absolute atomic E-state index is 0.678.